The molecule has 1 atom stereocenters. The third-order valence-corrected chi connectivity index (χ3v) is 4.04. The molecule has 0 saturated carbocycles. The Labute approximate surface area is 144 Å². The fourth-order valence-corrected chi connectivity index (χ4v) is 2.48. The molecule has 5 nitrogen and oxygen atoms in total. The summed E-state index contributed by atoms with van der Waals surface area (Å²) in [6, 6.07) is 0.338. The molecular weight excluding hydrogens is 376 g/mol. The Morgan fingerprint density at radius 1 is 1.39 bits per heavy atom. The minimum Gasteiger partial charge on any atom is -0.322 e. The van der Waals surface area contributed by atoms with E-state index in [-0.39, 0.29) is 29.1 Å². The highest BCUT2D eigenvalue weighted by molar-refractivity contribution is 7.13. The maximum atomic E-state index is 12.7. The normalized spacial score (nSPS) is 12.4. The number of nitrogens with zero attached hydrogens (tertiary/aromatic N) is 2. The predicted octanol–water partition coefficient (Wildman–Crippen LogP) is 3.90. The van der Waals surface area contributed by atoms with E-state index in [0.29, 0.717) is 11.1 Å². The van der Waals surface area contributed by atoms with Crippen LogP contribution in [0.4, 0.5) is 19.0 Å². The number of amides is 1. The van der Waals surface area contributed by atoms with Gasteiger partial charge in [0.15, 0.2) is 0 Å². The second-order valence-electron chi connectivity index (χ2n) is 4.35. The number of pyridine rings is 1. The summed E-state index contributed by atoms with van der Waals surface area (Å²) in [5.74, 6) is -0.871. The van der Waals surface area contributed by atoms with Crippen molar-refractivity contribution in [1.29, 1.82) is 0 Å². The summed E-state index contributed by atoms with van der Waals surface area (Å²) < 4.78 is 38.2. The first-order valence-corrected chi connectivity index (χ1v) is 7.13. The molecule has 2 aromatic heterocycles. The van der Waals surface area contributed by atoms with E-state index in [1.165, 1.54) is 6.20 Å². The van der Waals surface area contributed by atoms with Crippen LogP contribution in [0.25, 0.3) is 0 Å². The predicted molar refractivity (Wildman–Crippen MR) is 84.2 cm³/mol. The van der Waals surface area contributed by atoms with Crippen molar-refractivity contribution in [3.8, 4) is 0 Å². The van der Waals surface area contributed by atoms with Gasteiger partial charge in [0, 0.05) is 6.20 Å². The number of alkyl halides is 3. The topological polar surface area (TPSA) is 80.9 Å². The van der Waals surface area contributed by atoms with Gasteiger partial charge < -0.3 is 11.1 Å². The third kappa shape index (κ3) is 4.77. The van der Waals surface area contributed by atoms with Crippen molar-refractivity contribution in [2.24, 2.45) is 5.73 Å². The van der Waals surface area contributed by atoms with Gasteiger partial charge >= 0.3 is 6.18 Å². The highest BCUT2D eigenvalue weighted by Crippen LogP contribution is 2.35. The van der Waals surface area contributed by atoms with Gasteiger partial charge in [-0.25, -0.2) is 9.97 Å². The highest BCUT2D eigenvalue weighted by Gasteiger charge is 2.34. The van der Waals surface area contributed by atoms with E-state index in [4.69, 9.17) is 17.3 Å². The zero-order valence-corrected chi connectivity index (χ0v) is 13.9. The standard InChI is InChI=1S/C12H10ClF3N4OS.ClH/c1-5(17)11-19-4-8(22-11)10(21)20-9-2-6(12(14,15)16)7(13)3-18-9;/h2-5H,17H2,1H3,(H,18,20,21);1H. The Morgan fingerprint density at radius 2 is 2.04 bits per heavy atom. The Bertz CT molecular complexity index is 706. The summed E-state index contributed by atoms with van der Waals surface area (Å²) in [6.45, 7) is 1.71. The number of aromatic nitrogens is 2. The van der Waals surface area contributed by atoms with E-state index in [9.17, 15) is 18.0 Å². The number of hydrogen-bond acceptors (Lipinski definition) is 5. The fourth-order valence-electron chi connectivity index (χ4n) is 1.51. The maximum absolute atomic E-state index is 12.7. The van der Waals surface area contributed by atoms with Crippen molar-refractivity contribution < 1.29 is 18.0 Å². The van der Waals surface area contributed by atoms with Crippen LogP contribution in [-0.4, -0.2) is 15.9 Å². The number of thiazole rings is 1. The van der Waals surface area contributed by atoms with Crippen LogP contribution in [0.15, 0.2) is 18.5 Å². The minimum atomic E-state index is -4.63. The van der Waals surface area contributed by atoms with Crippen LogP contribution in [0.5, 0.6) is 0 Å². The van der Waals surface area contributed by atoms with Crippen molar-refractivity contribution in [1.82, 2.24) is 9.97 Å². The van der Waals surface area contributed by atoms with Gasteiger partial charge in [-0.05, 0) is 13.0 Å². The summed E-state index contributed by atoms with van der Waals surface area (Å²) in [5.41, 5.74) is 4.56. The van der Waals surface area contributed by atoms with Crippen LogP contribution in [0.3, 0.4) is 0 Å². The van der Waals surface area contributed by atoms with Crippen LogP contribution in [-0.2, 0) is 6.18 Å². The highest BCUT2D eigenvalue weighted by atomic mass is 35.5. The molecule has 11 heteroatoms. The lowest BCUT2D eigenvalue weighted by atomic mass is 10.2. The van der Waals surface area contributed by atoms with Gasteiger partial charge in [-0.1, -0.05) is 11.6 Å². The number of hydrogen-bond donors (Lipinski definition) is 2. The maximum Gasteiger partial charge on any atom is 0.418 e. The molecule has 2 rings (SSSR count). The Hall–Kier alpha value is -1.42. The van der Waals surface area contributed by atoms with Gasteiger partial charge in [-0.2, -0.15) is 13.2 Å². The minimum absolute atomic E-state index is 0. The first kappa shape index (κ1) is 19.6. The smallest absolute Gasteiger partial charge is 0.322 e. The van der Waals surface area contributed by atoms with Crippen molar-refractivity contribution in [2.45, 2.75) is 19.1 Å². The number of carbonyl (C=O) groups excluding carboxylic acids is 1. The number of rotatable bonds is 3. The number of anilines is 1. The molecule has 0 fully saturated rings. The number of nitrogens with two attached hydrogens (primary N) is 1. The van der Waals surface area contributed by atoms with E-state index in [1.807, 2.05) is 0 Å². The SMILES string of the molecule is CC(N)c1ncc(C(=O)Nc2cc(C(F)(F)F)c(Cl)cn2)s1.Cl. The lowest BCUT2D eigenvalue weighted by Gasteiger charge is -2.10. The Kier molecular flexibility index (Phi) is 6.34. The molecule has 23 heavy (non-hydrogen) atoms. The zero-order valence-electron chi connectivity index (χ0n) is 11.5. The Balaban J connectivity index is 0.00000264. The molecular formula is C12H11Cl2F3N4OS. The van der Waals surface area contributed by atoms with Crippen LogP contribution in [0.2, 0.25) is 5.02 Å². The lowest BCUT2D eigenvalue weighted by molar-refractivity contribution is -0.137. The second-order valence-corrected chi connectivity index (χ2v) is 5.82. The van der Waals surface area contributed by atoms with Gasteiger partial charge in [0.2, 0.25) is 0 Å². The average molecular weight is 387 g/mol. The van der Waals surface area contributed by atoms with Gasteiger partial charge in [0.05, 0.1) is 22.8 Å². The molecule has 0 aliphatic rings. The van der Waals surface area contributed by atoms with Crippen molar-refractivity contribution in [3.05, 3.63) is 38.9 Å². The molecule has 3 N–H and O–H groups in total. The number of nitrogens with one attached hydrogen (secondary N) is 1. The molecule has 0 aliphatic carbocycles. The van der Waals surface area contributed by atoms with E-state index in [2.05, 4.69) is 15.3 Å². The van der Waals surface area contributed by atoms with Crippen LogP contribution in [0.1, 0.15) is 33.2 Å². The molecule has 126 valence electrons. The molecule has 1 unspecified atom stereocenters. The quantitative estimate of drug-likeness (QED) is 0.837. The van der Waals surface area contributed by atoms with Crippen LogP contribution < -0.4 is 11.1 Å². The first-order chi connectivity index (χ1) is 10.2. The van der Waals surface area contributed by atoms with Crippen LogP contribution >= 0.6 is 35.3 Å². The molecule has 0 spiro atoms. The second kappa shape index (κ2) is 7.43. The van der Waals surface area contributed by atoms with E-state index < -0.39 is 22.7 Å². The molecule has 1 amide bonds. The molecule has 0 aliphatic heterocycles. The van der Waals surface area contributed by atoms with E-state index in [0.717, 1.165) is 17.5 Å². The molecule has 0 bridgehead atoms. The molecule has 2 heterocycles. The largest absolute Gasteiger partial charge is 0.418 e. The summed E-state index contributed by atoms with van der Waals surface area (Å²) in [4.78, 5) is 19.8. The summed E-state index contributed by atoms with van der Waals surface area (Å²) in [5, 5.41) is 2.28. The van der Waals surface area contributed by atoms with Gasteiger partial charge in [-0.3, -0.25) is 4.79 Å². The zero-order chi connectivity index (χ0) is 16.5. The monoisotopic (exact) mass is 386 g/mol. The van der Waals surface area contributed by atoms with Crippen LogP contribution in [0, 0.1) is 0 Å². The third-order valence-electron chi connectivity index (χ3n) is 2.54. The fraction of sp³-hybridized carbons (Fsp3) is 0.250. The molecule has 0 saturated heterocycles. The number of halogens is 5. The lowest BCUT2D eigenvalue weighted by Crippen LogP contribution is -2.13. The first-order valence-electron chi connectivity index (χ1n) is 5.94. The van der Waals surface area contributed by atoms with Gasteiger partial charge in [0.1, 0.15) is 15.7 Å². The van der Waals surface area contributed by atoms with Crippen molar-refractivity contribution >= 4 is 47.1 Å². The van der Waals surface area contributed by atoms with Crippen molar-refractivity contribution in [2.75, 3.05) is 5.32 Å². The van der Waals surface area contributed by atoms with Gasteiger partial charge in [0.25, 0.3) is 5.91 Å². The van der Waals surface area contributed by atoms with Crippen molar-refractivity contribution in [3.63, 3.8) is 0 Å². The number of carbonyl (C=O) groups is 1. The molecule has 0 radical (unpaired) electrons. The molecule has 0 aromatic carbocycles. The summed E-state index contributed by atoms with van der Waals surface area (Å²) in [7, 11) is 0. The molecule has 2 aromatic rings. The summed E-state index contributed by atoms with van der Waals surface area (Å²) >= 11 is 6.51. The van der Waals surface area contributed by atoms with Gasteiger partial charge in [-0.15, -0.1) is 23.7 Å². The van der Waals surface area contributed by atoms with E-state index >= 15 is 0 Å². The average Bonchev–Trinajstić information content (AvgIpc) is 2.89. The summed E-state index contributed by atoms with van der Waals surface area (Å²) in [6.07, 6.45) is -2.49. The van der Waals surface area contributed by atoms with E-state index in [1.54, 1.807) is 6.92 Å². The Morgan fingerprint density at radius 3 is 2.57 bits per heavy atom.